The van der Waals surface area contributed by atoms with Crippen molar-refractivity contribution < 1.29 is 9.53 Å². The highest BCUT2D eigenvalue weighted by molar-refractivity contribution is 7.80. The number of aromatic nitrogens is 4. The summed E-state index contributed by atoms with van der Waals surface area (Å²) in [5, 5.41) is -0.142. The molecular formula is C21H24N6O2S. The lowest BCUT2D eigenvalue weighted by Gasteiger charge is -2.33. The maximum atomic E-state index is 12.5. The molecule has 0 bridgehead atoms. The van der Waals surface area contributed by atoms with E-state index in [1.165, 1.54) is 0 Å². The SMILES string of the molecule is Cn1ccnc1C(S)c1ccc(OC(=O)N2CCN(Cc3cnccn3)CC2)cc1. The number of imidazole rings is 1. The maximum absolute atomic E-state index is 12.5. The number of amides is 1. The molecule has 30 heavy (non-hydrogen) atoms. The van der Waals surface area contributed by atoms with Crippen molar-refractivity contribution in [3.05, 3.63) is 72.3 Å². The molecule has 0 spiro atoms. The number of ether oxygens (including phenoxy) is 1. The molecule has 3 aromatic rings. The number of benzene rings is 1. The minimum Gasteiger partial charge on any atom is -0.410 e. The van der Waals surface area contributed by atoms with Crippen molar-refractivity contribution >= 4 is 18.7 Å². The Labute approximate surface area is 180 Å². The number of rotatable bonds is 5. The van der Waals surface area contributed by atoms with Crippen LogP contribution in [0.2, 0.25) is 0 Å². The lowest BCUT2D eigenvalue weighted by molar-refractivity contribution is 0.107. The van der Waals surface area contributed by atoms with Gasteiger partial charge in [-0.1, -0.05) is 12.1 Å². The Balaban J connectivity index is 1.28. The minimum absolute atomic E-state index is 0.142. The molecule has 1 aromatic carbocycles. The first-order valence-electron chi connectivity index (χ1n) is 9.79. The minimum atomic E-state index is -0.326. The standard InChI is InChI=1S/C21H24N6O2S/c1-25-9-8-24-20(25)19(30)16-2-4-18(5-3-16)29-21(28)27-12-10-26(11-13-27)15-17-14-22-6-7-23-17/h2-9,14,19,30H,10-13,15H2,1H3. The number of hydrogen-bond donors (Lipinski definition) is 1. The second kappa shape index (κ2) is 9.27. The molecule has 0 N–H and O–H groups in total. The first-order valence-corrected chi connectivity index (χ1v) is 10.3. The predicted molar refractivity (Wildman–Crippen MR) is 115 cm³/mol. The van der Waals surface area contributed by atoms with E-state index in [9.17, 15) is 4.79 Å². The van der Waals surface area contributed by atoms with Gasteiger partial charge in [0.25, 0.3) is 0 Å². The molecule has 1 fully saturated rings. The van der Waals surface area contributed by atoms with Crippen LogP contribution >= 0.6 is 12.6 Å². The van der Waals surface area contributed by atoms with Gasteiger partial charge in [-0.25, -0.2) is 9.78 Å². The molecule has 0 radical (unpaired) electrons. The molecule has 1 amide bonds. The van der Waals surface area contributed by atoms with Gasteiger partial charge in [-0.2, -0.15) is 12.6 Å². The Bertz CT molecular complexity index is 971. The van der Waals surface area contributed by atoms with Gasteiger partial charge >= 0.3 is 6.09 Å². The summed E-state index contributed by atoms with van der Waals surface area (Å²) in [4.78, 5) is 29.2. The highest BCUT2D eigenvalue weighted by Crippen LogP contribution is 2.28. The Hall–Kier alpha value is -2.91. The van der Waals surface area contributed by atoms with Gasteiger partial charge in [-0.05, 0) is 17.7 Å². The van der Waals surface area contributed by atoms with Crippen LogP contribution in [0, 0.1) is 0 Å². The zero-order chi connectivity index (χ0) is 20.9. The van der Waals surface area contributed by atoms with Crippen molar-refractivity contribution in [2.24, 2.45) is 7.05 Å². The van der Waals surface area contributed by atoms with Crippen molar-refractivity contribution in [1.82, 2.24) is 29.3 Å². The third-order valence-electron chi connectivity index (χ3n) is 5.14. The maximum Gasteiger partial charge on any atom is 0.415 e. The molecule has 1 unspecified atom stereocenters. The van der Waals surface area contributed by atoms with Gasteiger partial charge in [0.15, 0.2) is 0 Å². The largest absolute Gasteiger partial charge is 0.415 e. The van der Waals surface area contributed by atoms with Crippen LogP contribution in [0.15, 0.2) is 55.2 Å². The zero-order valence-electron chi connectivity index (χ0n) is 16.8. The van der Waals surface area contributed by atoms with E-state index in [0.29, 0.717) is 18.8 Å². The van der Waals surface area contributed by atoms with Gasteiger partial charge in [-0.3, -0.25) is 14.9 Å². The van der Waals surface area contributed by atoms with E-state index in [1.54, 1.807) is 41.8 Å². The van der Waals surface area contributed by atoms with Gasteiger partial charge in [-0.15, -0.1) is 0 Å². The summed E-state index contributed by atoms with van der Waals surface area (Å²) in [6, 6.07) is 7.41. The number of hydrogen-bond acceptors (Lipinski definition) is 7. The second-order valence-corrected chi connectivity index (χ2v) is 7.71. The van der Waals surface area contributed by atoms with Crippen LogP contribution in [0.25, 0.3) is 0 Å². The number of piperazine rings is 1. The van der Waals surface area contributed by atoms with Gasteiger partial charge in [0.1, 0.15) is 11.6 Å². The van der Waals surface area contributed by atoms with Crippen LogP contribution in [-0.4, -0.2) is 61.6 Å². The van der Waals surface area contributed by atoms with Crippen molar-refractivity contribution in [3.63, 3.8) is 0 Å². The number of aryl methyl sites for hydroxylation is 1. The van der Waals surface area contributed by atoms with Crippen molar-refractivity contribution in [3.8, 4) is 5.75 Å². The summed E-state index contributed by atoms with van der Waals surface area (Å²) in [5.41, 5.74) is 1.92. The number of carbonyl (C=O) groups excluding carboxylic acids is 1. The van der Waals surface area contributed by atoms with E-state index < -0.39 is 0 Å². The van der Waals surface area contributed by atoms with Crippen molar-refractivity contribution in [2.45, 2.75) is 11.8 Å². The lowest BCUT2D eigenvalue weighted by Crippen LogP contribution is -2.49. The van der Waals surface area contributed by atoms with E-state index in [1.807, 2.05) is 29.9 Å². The van der Waals surface area contributed by atoms with E-state index in [4.69, 9.17) is 4.74 Å². The first-order chi connectivity index (χ1) is 14.6. The van der Waals surface area contributed by atoms with E-state index >= 15 is 0 Å². The molecule has 1 aliphatic heterocycles. The quantitative estimate of drug-likeness (QED) is 0.635. The van der Waals surface area contributed by atoms with Crippen LogP contribution in [0.3, 0.4) is 0 Å². The van der Waals surface area contributed by atoms with Crippen LogP contribution in [0.4, 0.5) is 4.79 Å². The molecule has 1 saturated heterocycles. The normalized spacial score (nSPS) is 15.7. The molecule has 9 heteroatoms. The third-order valence-corrected chi connectivity index (χ3v) is 5.67. The summed E-state index contributed by atoms with van der Waals surface area (Å²) in [6.07, 6.45) is 8.45. The molecule has 156 valence electrons. The fraction of sp³-hybridized carbons (Fsp3) is 0.333. The molecular weight excluding hydrogens is 400 g/mol. The predicted octanol–water partition coefficient (Wildman–Crippen LogP) is 2.55. The van der Waals surface area contributed by atoms with Crippen LogP contribution in [0.5, 0.6) is 5.75 Å². The van der Waals surface area contributed by atoms with Crippen LogP contribution < -0.4 is 4.74 Å². The average Bonchev–Trinajstić information content (AvgIpc) is 3.21. The monoisotopic (exact) mass is 424 g/mol. The zero-order valence-corrected chi connectivity index (χ0v) is 17.7. The second-order valence-electron chi connectivity index (χ2n) is 7.20. The molecule has 3 heterocycles. The smallest absolute Gasteiger partial charge is 0.410 e. The lowest BCUT2D eigenvalue weighted by atomic mass is 10.1. The Morgan fingerprint density at radius 3 is 2.50 bits per heavy atom. The molecule has 4 rings (SSSR count). The van der Waals surface area contributed by atoms with E-state index in [2.05, 4.69) is 32.5 Å². The number of carbonyl (C=O) groups is 1. The summed E-state index contributed by atoms with van der Waals surface area (Å²) in [6.45, 7) is 3.52. The highest BCUT2D eigenvalue weighted by atomic mass is 32.1. The van der Waals surface area contributed by atoms with Gasteiger partial charge in [0.2, 0.25) is 0 Å². The number of nitrogens with zero attached hydrogens (tertiary/aromatic N) is 6. The van der Waals surface area contributed by atoms with Gasteiger partial charge in [0, 0.05) is 70.8 Å². The van der Waals surface area contributed by atoms with E-state index in [-0.39, 0.29) is 11.3 Å². The Morgan fingerprint density at radius 1 is 1.10 bits per heavy atom. The molecule has 8 nitrogen and oxygen atoms in total. The fourth-order valence-electron chi connectivity index (χ4n) is 3.40. The third kappa shape index (κ3) is 4.80. The van der Waals surface area contributed by atoms with Crippen molar-refractivity contribution in [1.29, 1.82) is 0 Å². The van der Waals surface area contributed by atoms with Gasteiger partial charge in [0.05, 0.1) is 10.9 Å². The molecule has 1 aliphatic rings. The first kappa shape index (κ1) is 20.4. The summed E-state index contributed by atoms with van der Waals surface area (Å²) in [7, 11) is 1.94. The summed E-state index contributed by atoms with van der Waals surface area (Å²) >= 11 is 4.66. The van der Waals surface area contributed by atoms with E-state index in [0.717, 1.165) is 36.7 Å². The molecule has 0 saturated carbocycles. The number of thiol groups is 1. The molecule has 1 atom stereocenters. The molecule has 2 aromatic heterocycles. The Morgan fingerprint density at radius 2 is 1.87 bits per heavy atom. The highest BCUT2D eigenvalue weighted by Gasteiger charge is 2.23. The van der Waals surface area contributed by atoms with Crippen LogP contribution in [-0.2, 0) is 13.6 Å². The topological polar surface area (TPSA) is 76.4 Å². The Kier molecular flexibility index (Phi) is 6.29. The average molecular weight is 425 g/mol. The fourth-order valence-corrected chi connectivity index (χ4v) is 3.82. The summed E-state index contributed by atoms with van der Waals surface area (Å²) in [5.74, 6) is 1.38. The van der Waals surface area contributed by atoms with Crippen LogP contribution in [0.1, 0.15) is 22.3 Å². The summed E-state index contributed by atoms with van der Waals surface area (Å²) < 4.78 is 7.50. The van der Waals surface area contributed by atoms with Crippen molar-refractivity contribution in [2.75, 3.05) is 26.2 Å². The molecule has 0 aliphatic carbocycles. The van der Waals surface area contributed by atoms with Gasteiger partial charge < -0.3 is 14.2 Å².